The molecule has 41 heavy (non-hydrogen) atoms. The summed E-state index contributed by atoms with van der Waals surface area (Å²) >= 11 is 0. The van der Waals surface area contributed by atoms with Gasteiger partial charge in [0.2, 0.25) is 24.1 Å². The highest BCUT2D eigenvalue weighted by Gasteiger charge is 2.31. The number of amides is 4. The molecule has 3 fully saturated rings. The molecule has 1 aromatic rings. The van der Waals surface area contributed by atoms with Gasteiger partial charge in [-0.15, -0.1) is 0 Å². The van der Waals surface area contributed by atoms with Crippen molar-refractivity contribution in [1.82, 2.24) is 20.0 Å². The van der Waals surface area contributed by atoms with Crippen molar-refractivity contribution in [2.24, 2.45) is 5.92 Å². The number of carbonyl (C=O) groups is 4. The quantitative estimate of drug-likeness (QED) is 0.429. The molecular formula is C32H51N5O4. The third kappa shape index (κ3) is 12.6. The van der Waals surface area contributed by atoms with Gasteiger partial charge in [0.15, 0.2) is 0 Å². The molecule has 0 aromatic heterocycles. The number of hydrogen-bond donors (Lipinski definition) is 1. The lowest BCUT2D eigenvalue weighted by Gasteiger charge is -2.31. The fourth-order valence-electron chi connectivity index (χ4n) is 5.12. The predicted molar refractivity (Wildman–Crippen MR) is 164 cm³/mol. The van der Waals surface area contributed by atoms with Gasteiger partial charge in [0.25, 0.3) is 0 Å². The predicted octanol–water partition coefficient (Wildman–Crippen LogP) is 4.36. The van der Waals surface area contributed by atoms with Gasteiger partial charge < -0.3 is 20.0 Å². The van der Waals surface area contributed by atoms with Crippen molar-refractivity contribution in [3.8, 4) is 6.57 Å². The zero-order valence-corrected chi connectivity index (χ0v) is 26.1. The Hall–Kier alpha value is -3.67. The van der Waals surface area contributed by atoms with E-state index in [1.807, 2.05) is 36.6 Å². The normalized spacial score (nSPS) is 21.4. The number of nitriles is 1. The summed E-state index contributed by atoms with van der Waals surface area (Å²) < 4.78 is 0. The van der Waals surface area contributed by atoms with E-state index in [1.165, 1.54) is 5.56 Å². The SMILES string of the molecule is C#N.C/C=C(\C)C(=O)NC.CC.CC(=O)N1CCC(=O)N2CCCC2CC1.CC1CN(C=O)CC1c1ccccc1. The van der Waals surface area contributed by atoms with Crippen molar-refractivity contribution in [2.45, 2.75) is 79.2 Å². The van der Waals surface area contributed by atoms with Crippen molar-refractivity contribution in [3.05, 3.63) is 47.5 Å². The lowest BCUT2D eigenvalue weighted by atomic mass is 9.90. The summed E-state index contributed by atoms with van der Waals surface area (Å²) in [6, 6.07) is 10.8. The van der Waals surface area contributed by atoms with Crippen LogP contribution in [0.5, 0.6) is 0 Å². The van der Waals surface area contributed by atoms with Crippen LogP contribution in [0.25, 0.3) is 0 Å². The van der Waals surface area contributed by atoms with Crippen LogP contribution in [0.2, 0.25) is 0 Å². The van der Waals surface area contributed by atoms with E-state index in [-0.39, 0.29) is 17.7 Å². The molecule has 1 N–H and O–H groups in total. The Kier molecular flexibility index (Phi) is 19.2. The van der Waals surface area contributed by atoms with E-state index in [4.69, 9.17) is 5.26 Å². The van der Waals surface area contributed by atoms with Gasteiger partial charge in [-0.2, -0.15) is 0 Å². The summed E-state index contributed by atoms with van der Waals surface area (Å²) in [7, 11) is 1.62. The standard InChI is InChI=1S/C12H15NO.C11H18N2O2.C6H11NO.C2H6.CHN/c1-10-7-13(9-14)8-12(10)11-5-3-2-4-6-11;1-9(14)12-7-4-10-3-2-6-13(10)11(15)5-8-12;1-4-5(2)6(8)7-3;2*1-2/h2-6,9-10,12H,7-8H2,1H3;10H,2-8H2,1H3;4H,1-3H3,(H,7,8);1-2H3;1H/b;;5-4+;;. The van der Waals surface area contributed by atoms with Crippen LogP contribution in [0.1, 0.15) is 78.7 Å². The number of likely N-dealkylation sites (tertiary alicyclic amines) is 1. The second-order valence-corrected chi connectivity index (χ2v) is 10.0. The molecule has 3 atom stereocenters. The molecule has 3 aliphatic rings. The minimum Gasteiger partial charge on any atom is -0.355 e. The van der Waals surface area contributed by atoms with Gasteiger partial charge in [-0.05, 0) is 44.6 Å². The van der Waals surface area contributed by atoms with Crippen LogP contribution in [-0.2, 0) is 19.2 Å². The zero-order chi connectivity index (χ0) is 31.4. The van der Waals surface area contributed by atoms with E-state index in [1.54, 1.807) is 31.9 Å². The fourth-order valence-corrected chi connectivity index (χ4v) is 5.12. The second-order valence-electron chi connectivity index (χ2n) is 10.0. The van der Waals surface area contributed by atoms with Crippen molar-refractivity contribution >= 4 is 24.1 Å². The number of hydrogen-bond acceptors (Lipinski definition) is 5. The molecule has 4 amide bonds. The Bertz CT molecular complexity index is 979. The maximum Gasteiger partial charge on any atom is 0.246 e. The second kappa shape index (κ2) is 21.1. The Morgan fingerprint density at radius 2 is 1.66 bits per heavy atom. The summed E-state index contributed by atoms with van der Waals surface area (Å²) in [5, 5.41) is 9.01. The minimum absolute atomic E-state index is 0.00694. The molecule has 1 aromatic carbocycles. The Labute approximate surface area is 247 Å². The van der Waals surface area contributed by atoms with E-state index in [2.05, 4.69) is 43.1 Å². The van der Waals surface area contributed by atoms with Gasteiger partial charge in [0.05, 0.1) is 0 Å². The van der Waals surface area contributed by atoms with Crippen LogP contribution in [0, 0.1) is 17.8 Å². The molecule has 3 aliphatic heterocycles. The fraction of sp³-hybridized carbons (Fsp3) is 0.594. The number of likely N-dealkylation sites (N-methyl/N-ethyl adjacent to an activating group) is 1. The van der Waals surface area contributed by atoms with Gasteiger partial charge in [0.1, 0.15) is 0 Å². The summed E-state index contributed by atoms with van der Waals surface area (Å²) in [4.78, 5) is 50.0. The molecule has 0 saturated carbocycles. The lowest BCUT2D eigenvalue weighted by molar-refractivity contribution is -0.136. The molecule has 3 saturated heterocycles. The molecule has 4 rings (SSSR count). The molecular weight excluding hydrogens is 518 g/mol. The molecule has 9 heteroatoms. The lowest BCUT2D eigenvalue weighted by Crippen LogP contribution is -2.44. The number of carbonyl (C=O) groups excluding carboxylic acids is 4. The van der Waals surface area contributed by atoms with Crippen molar-refractivity contribution in [1.29, 1.82) is 5.26 Å². The van der Waals surface area contributed by atoms with Gasteiger partial charge in [-0.1, -0.05) is 57.2 Å². The topological polar surface area (TPSA) is 114 Å². The molecule has 3 unspecified atom stereocenters. The van der Waals surface area contributed by atoms with E-state index >= 15 is 0 Å². The minimum atomic E-state index is -0.00694. The number of benzene rings is 1. The highest BCUT2D eigenvalue weighted by molar-refractivity contribution is 5.92. The molecule has 228 valence electrons. The maximum absolute atomic E-state index is 11.8. The summed E-state index contributed by atoms with van der Waals surface area (Å²) in [6.45, 7) is 19.0. The largest absolute Gasteiger partial charge is 0.355 e. The van der Waals surface area contributed by atoms with E-state index in [9.17, 15) is 19.2 Å². The summed E-state index contributed by atoms with van der Waals surface area (Å²) in [5.74, 6) is 1.40. The average molecular weight is 570 g/mol. The van der Waals surface area contributed by atoms with Crippen LogP contribution in [0.4, 0.5) is 0 Å². The third-order valence-electron chi connectivity index (χ3n) is 7.51. The Morgan fingerprint density at radius 1 is 1.02 bits per heavy atom. The summed E-state index contributed by atoms with van der Waals surface area (Å²) in [6.07, 6.45) is 6.41. The first kappa shape index (κ1) is 37.3. The summed E-state index contributed by atoms with van der Waals surface area (Å²) in [5.41, 5.74) is 2.11. The maximum atomic E-state index is 11.8. The number of allylic oxidation sites excluding steroid dienone is 1. The van der Waals surface area contributed by atoms with Crippen LogP contribution >= 0.6 is 0 Å². The van der Waals surface area contributed by atoms with E-state index < -0.39 is 0 Å². The molecule has 0 spiro atoms. The molecule has 0 radical (unpaired) electrons. The number of rotatable bonds is 3. The first-order valence-electron chi connectivity index (χ1n) is 14.6. The van der Waals surface area contributed by atoms with E-state index in [0.717, 1.165) is 57.4 Å². The van der Waals surface area contributed by atoms with Crippen LogP contribution in [0.15, 0.2) is 42.0 Å². The van der Waals surface area contributed by atoms with Crippen LogP contribution < -0.4 is 5.32 Å². The van der Waals surface area contributed by atoms with Gasteiger partial charge in [-0.3, -0.25) is 19.2 Å². The zero-order valence-electron chi connectivity index (χ0n) is 26.1. The Morgan fingerprint density at radius 3 is 2.15 bits per heavy atom. The molecule has 0 bridgehead atoms. The Balaban J connectivity index is 0.000000574. The van der Waals surface area contributed by atoms with Gasteiger partial charge in [0, 0.05) is 77.2 Å². The smallest absolute Gasteiger partial charge is 0.246 e. The number of nitrogens with one attached hydrogen (secondary N) is 1. The molecule has 9 nitrogen and oxygen atoms in total. The highest BCUT2D eigenvalue weighted by atomic mass is 16.2. The van der Waals surface area contributed by atoms with Gasteiger partial charge in [-0.25, -0.2) is 5.26 Å². The number of fused-ring (bicyclic) bond motifs is 1. The molecule has 0 aliphatic carbocycles. The van der Waals surface area contributed by atoms with Crippen molar-refractivity contribution < 1.29 is 19.2 Å². The third-order valence-corrected chi connectivity index (χ3v) is 7.51. The van der Waals surface area contributed by atoms with Crippen molar-refractivity contribution in [2.75, 3.05) is 39.8 Å². The monoisotopic (exact) mass is 569 g/mol. The van der Waals surface area contributed by atoms with Crippen molar-refractivity contribution in [3.63, 3.8) is 0 Å². The highest BCUT2D eigenvalue weighted by Crippen LogP contribution is 2.31. The van der Waals surface area contributed by atoms with E-state index in [0.29, 0.717) is 30.8 Å². The van der Waals surface area contributed by atoms with Crippen LogP contribution in [0.3, 0.4) is 0 Å². The number of nitrogens with zero attached hydrogens (tertiary/aromatic N) is 4. The van der Waals surface area contributed by atoms with Crippen LogP contribution in [-0.4, -0.2) is 84.6 Å². The first-order chi connectivity index (χ1) is 19.7. The first-order valence-corrected chi connectivity index (χ1v) is 14.6. The average Bonchev–Trinajstić information content (AvgIpc) is 3.64. The molecule has 3 heterocycles. The van der Waals surface area contributed by atoms with Gasteiger partial charge >= 0.3 is 0 Å².